The zero-order valence-electron chi connectivity index (χ0n) is 21.4. The first-order valence-corrected chi connectivity index (χ1v) is 11.9. The van der Waals surface area contributed by atoms with E-state index in [0.717, 1.165) is 0 Å². The van der Waals surface area contributed by atoms with Crippen LogP contribution in [0.1, 0.15) is 23.7 Å². The maximum atomic E-state index is 12.7. The van der Waals surface area contributed by atoms with Crippen LogP contribution >= 0.6 is 0 Å². The maximum Gasteiger partial charge on any atom is 0.356 e. The summed E-state index contributed by atoms with van der Waals surface area (Å²) in [5.41, 5.74) is 1.62. The molecule has 0 spiro atoms. The molecule has 0 aliphatic heterocycles. The number of pyridine rings is 1. The highest BCUT2D eigenvalue weighted by Crippen LogP contribution is 2.37. The lowest BCUT2D eigenvalue weighted by Crippen LogP contribution is -2.23. The van der Waals surface area contributed by atoms with Crippen molar-refractivity contribution in [2.75, 3.05) is 17.7 Å². The van der Waals surface area contributed by atoms with Crippen LogP contribution in [-0.4, -0.2) is 52.2 Å². The van der Waals surface area contributed by atoms with Gasteiger partial charge in [0.25, 0.3) is 0 Å². The van der Waals surface area contributed by atoms with Crippen molar-refractivity contribution in [2.24, 2.45) is 7.05 Å². The molecule has 0 saturated carbocycles. The quantitative estimate of drug-likeness (QED) is 0.273. The molecule has 4 aromatic heterocycles. The zero-order chi connectivity index (χ0) is 27.4. The van der Waals surface area contributed by atoms with E-state index < -0.39 is 5.69 Å². The summed E-state index contributed by atoms with van der Waals surface area (Å²) in [7, 11) is 3.34. The minimum atomic E-state index is -0.563. The summed E-state index contributed by atoms with van der Waals surface area (Å²) >= 11 is 0. The van der Waals surface area contributed by atoms with Gasteiger partial charge in [-0.1, -0.05) is 13.0 Å². The summed E-state index contributed by atoms with van der Waals surface area (Å²) < 4.78 is 8.53. The summed E-state index contributed by atoms with van der Waals surface area (Å²) in [5.74, 6) is 1.76. The molecule has 0 aliphatic rings. The van der Waals surface area contributed by atoms with Gasteiger partial charge in [0.15, 0.2) is 17.4 Å². The van der Waals surface area contributed by atoms with Crippen molar-refractivity contribution in [3.63, 3.8) is 0 Å². The predicted molar refractivity (Wildman–Crippen MR) is 144 cm³/mol. The number of para-hydroxylation sites is 1. The number of ketones is 1. The van der Waals surface area contributed by atoms with Crippen molar-refractivity contribution in [3.05, 3.63) is 83.6 Å². The molecule has 13 heteroatoms. The Hall–Kier alpha value is -5.46. The number of rotatable bonds is 9. The molecule has 0 saturated heterocycles. The van der Waals surface area contributed by atoms with Crippen molar-refractivity contribution < 1.29 is 9.53 Å². The van der Waals surface area contributed by atoms with Crippen molar-refractivity contribution in [1.29, 1.82) is 0 Å². The number of Topliss-reactive ketones (excluding diaryl/α,β-unsaturated/α-hetero) is 1. The van der Waals surface area contributed by atoms with E-state index in [9.17, 15) is 9.59 Å². The SMILES string of the molecule is CCC(=O)c1cnc(Nc2ccn(-c3ncccn3)c(=O)n2)cc1Nc1cccc(-c2ncn(C)n2)c1OC. The fraction of sp³-hybridized carbons (Fsp3) is 0.154. The molecule has 5 rings (SSSR count). The van der Waals surface area contributed by atoms with Crippen LogP contribution in [-0.2, 0) is 7.05 Å². The topological polar surface area (TPSA) is 155 Å². The molecule has 196 valence electrons. The Balaban J connectivity index is 1.48. The van der Waals surface area contributed by atoms with Gasteiger partial charge in [-0.05, 0) is 24.3 Å². The van der Waals surface area contributed by atoms with Crippen LogP contribution in [0.2, 0.25) is 0 Å². The molecule has 0 aliphatic carbocycles. The molecular weight excluding hydrogens is 500 g/mol. The highest BCUT2D eigenvalue weighted by molar-refractivity contribution is 6.02. The lowest BCUT2D eigenvalue weighted by molar-refractivity contribution is 0.0988. The fourth-order valence-electron chi connectivity index (χ4n) is 3.85. The van der Waals surface area contributed by atoms with Gasteiger partial charge in [0.2, 0.25) is 5.95 Å². The second kappa shape index (κ2) is 10.9. The lowest BCUT2D eigenvalue weighted by Gasteiger charge is -2.17. The van der Waals surface area contributed by atoms with Crippen LogP contribution in [0, 0.1) is 0 Å². The third kappa shape index (κ3) is 5.32. The van der Waals surface area contributed by atoms with E-state index in [-0.39, 0.29) is 17.5 Å². The number of nitrogens with zero attached hydrogens (tertiary/aromatic N) is 8. The van der Waals surface area contributed by atoms with Gasteiger partial charge < -0.3 is 15.4 Å². The number of carbonyl (C=O) groups is 1. The van der Waals surface area contributed by atoms with Gasteiger partial charge in [-0.2, -0.15) is 10.1 Å². The molecule has 2 N–H and O–H groups in total. The second-order valence-electron chi connectivity index (χ2n) is 8.28. The number of nitrogens with one attached hydrogen (secondary N) is 2. The standard InChI is InChI=1S/C26H24N10O3/c1-4-20(37)17-14-29-22(32-21-9-12-36(26(38)33-21)25-27-10-6-11-28-25)13-19(17)31-18-8-5-7-16(23(18)39-3)24-30-15-35(2)34-24/h5-15H,4H2,1-3H3,(H2,29,31,32,33,38). The van der Waals surface area contributed by atoms with Crippen LogP contribution in [0.4, 0.5) is 23.0 Å². The van der Waals surface area contributed by atoms with E-state index in [4.69, 9.17) is 4.74 Å². The summed E-state index contributed by atoms with van der Waals surface area (Å²) in [6, 6.07) is 10.4. The van der Waals surface area contributed by atoms with Gasteiger partial charge in [-0.15, -0.1) is 0 Å². The third-order valence-corrected chi connectivity index (χ3v) is 5.68. The first-order valence-electron chi connectivity index (χ1n) is 11.9. The number of benzene rings is 1. The third-order valence-electron chi connectivity index (χ3n) is 5.68. The molecule has 5 aromatic rings. The number of hydrogen-bond donors (Lipinski definition) is 2. The van der Waals surface area contributed by atoms with E-state index >= 15 is 0 Å². The Bertz CT molecular complexity index is 1700. The Kier molecular flexibility index (Phi) is 7.03. The fourth-order valence-corrected chi connectivity index (χ4v) is 3.85. The minimum Gasteiger partial charge on any atom is -0.494 e. The largest absolute Gasteiger partial charge is 0.494 e. The van der Waals surface area contributed by atoms with Crippen molar-refractivity contribution in [3.8, 4) is 23.1 Å². The monoisotopic (exact) mass is 524 g/mol. The maximum absolute atomic E-state index is 12.7. The summed E-state index contributed by atoms with van der Waals surface area (Å²) in [6.45, 7) is 1.78. The highest BCUT2D eigenvalue weighted by atomic mass is 16.5. The first-order chi connectivity index (χ1) is 19.0. The van der Waals surface area contributed by atoms with Gasteiger partial charge in [0.05, 0.1) is 29.6 Å². The van der Waals surface area contributed by atoms with Crippen LogP contribution in [0.15, 0.2) is 72.3 Å². The normalized spacial score (nSPS) is 10.7. The minimum absolute atomic E-state index is 0.0957. The number of ether oxygens (including phenoxy) is 1. The van der Waals surface area contributed by atoms with E-state index in [1.165, 1.54) is 29.4 Å². The highest BCUT2D eigenvalue weighted by Gasteiger charge is 2.18. The Labute approximate surface area is 222 Å². The predicted octanol–water partition coefficient (Wildman–Crippen LogP) is 3.30. The molecule has 0 amide bonds. The molecule has 0 bridgehead atoms. The number of carbonyl (C=O) groups excluding carboxylic acids is 1. The number of methoxy groups -OCH3 is 1. The number of aromatic nitrogens is 8. The van der Waals surface area contributed by atoms with Gasteiger partial charge in [-0.3, -0.25) is 9.48 Å². The zero-order valence-corrected chi connectivity index (χ0v) is 21.4. The van der Waals surface area contributed by atoms with E-state index in [0.29, 0.717) is 46.3 Å². The summed E-state index contributed by atoms with van der Waals surface area (Å²) in [4.78, 5) is 46.2. The molecule has 0 unspecified atom stereocenters. The number of aryl methyl sites for hydroxylation is 1. The van der Waals surface area contributed by atoms with Crippen molar-refractivity contribution >= 4 is 28.8 Å². The molecule has 1 aromatic carbocycles. The van der Waals surface area contributed by atoms with Crippen LogP contribution in [0.25, 0.3) is 17.3 Å². The Morgan fingerprint density at radius 3 is 2.51 bits per heavy atom. The van der Waals surface area contributed by atoms with Crippen molar-refractivity contribution in [1.82, 2.24) is 39.3 Å². The molecular formula is C26H24N10O3. The average molecular weight is 525 g/mol. The van der Waals surface area contributed by atoms with Crippen LogP contribution in [0.5, 0.6) is 5.75 Å². The number of hydrogen-bond acceptors (Lipinski definition) is 11. The van der Waals surface area contributed by atoms with E-state index in [2.05, 4.69) is 40.7 Å². The average Bonchev–Trinajstić information content (AvgIpc) is 3.39. The Morgan fingerprint density at radius 2 is 1.82 bits per heavy atom. The molecule has 13 nitrogen and oxygen atoms in total. The van der Waals surface area contributed by atoms with Gasteiger partial charge in [0.1, 0.15) is 18.0 Å². The Morgan fingerprint density at radius 1 is 1.00 bits per heavy atom. The summed E-state index contributed by atoms with van der Waals surface area (Å²) in [6.07, 6.45) is 7.97. The second-order valence-corrected chi connectivity index (χ2v) is 8.28. The molecule has 0 fully saturated rings. The molecule has 0 radical (unpaired) electrons. The van der Waals surface area contributed by atoms with Crippen LogP contribution in [0.3, 0.4) is 0 Å². The van der Waals surface area contributed by atoms with Gasteiger partial charge in [-0.25, -0.2) is 29.3 Å². The van der Waals surface area contributed by atoms with Crippen molar-refractivity contribution in [2.45, 2.75) is 13.3 Å². The molecule has 4 heterocycles. The first kappa shape index (κ1) is 25.2. The van der Waals surface area contributed by atoms with Crippen LogP contribution < -0.4 is 21.1 Å². The summed E-state index contributed by atoms with van der Waals surface area (Å²) in [5, 5.41) is 10.7. The molecule has 39 heavy (non-hydrogen) atoms. The van der Waals surface area contributed by atoms with E-state index in [1.54, 1.807) is 50.3 Å². The van der Waals surface area contributed by atoms with E-state index in [1.807, 2.05) is 18.2 Å². The van der Waals surface area contributed by atoms with Gasteiger partial charge in [0, 0.05) is 44.3 Å². The van der Waals surface area contributed by atoms with Gasteiger partial charge >= 0.3 is 5.69 Å². The smallest absolute Gasteiger partial charge is 0.356 e. The lowest BCUT2D eigenvalue weighted by atomic mass is 10.1. The number of anilines is 4. The molecule has 0 atom stereocenters.